The van der Waals surface area contributed by atoms with E-state index in [2.05, 4.69) is 51.6 Å². The Labute approximate surface area is 376 Å². The van der Waals surface area contributed by atoms with Gasteiger partial charge in [-0.15, -0.1) is 0 Å². The van der Waals surface area contributed by atoms with Crippen molar-refractivity contribution < 1.29 is 28.1 Å². The first-order chi connectivity index (χ1) is 31.0. The Bertz CT molecular complexity index is 2630. The molecule has 0 bridgehead atoms. The van der Waals surface area contributed by atoms with Crippen LogP contribution in [0.1, 0.15) is 51.7 Å². The Morgan fingerprint density at radius 3 is 2.05 bits per heavy atom. The second-order valence-corrected chi connectivity index (χ2v) is 19.0. The fourth-order valence-electron chi connectivity index (χ4n) is 8.86. The minimum atomic E-state index is -3.90. The summed E-state index contributed by atoms with van der Waals surface area (Å²) >= 11 is 6.82. The van der Waals surface area contributed by atoms with Crippen LogP contribution in [0, 0.1) is 6.92 Å². The highest BCUT2D eigenvalue weighted by atomic mass is 35.7. The number of carbonyl (C=O) groups is 1. The number of carbonyl (C=O) groups excluding carboxylic acids is 1. The molecule has 64 heavy (non-hydrogen) atoms. The van der Waals surface area contributed by atoms with Gasteiger partial charge >= 0.3 is 12.6 Å². The lowest BCUT2D eigenvalue weighted by atomic mass is 9.75. The van der Waals surface area contributed by atoms with Crippen LogP contribution < -0.4 is 26.0 Å². The maximum absolute atomic E-state index is 14.3. The van der Waals surface area contributed by atoms with Crippen molar-refractivity contribution in [3.05, 3.63) is 188 Å². The lowest BCUT2D eigenvalue weighted by Gasteiger charge is -2.50. The number of nitrogens with one attached hydrogen (secondary N) is 2. The van der Waals surface area contributed by atoms with Gasteiger partial charge in [-0.25, -0.2) is 9.46 Å². The van der Waals surface area contributed by atoms with Crippen molar-refractivity contribution in [2.75, 3.05) is 47.0 Å². The summed E-state index contributed by atoms with van der Waals surface area (Å²) in [7, 11) is 3.19. The molecule has 0 saturated carbocycles. The molecule has 6 aromatic rings. The monoisotopic (exact) mass is 903 g/mol. The predicted octanol–water partition coefficient (Wildman–Crippen LogP) is 7.98. The number of methoxy groups -OCH3 is 2. The molecular formula is C49H51ClN5O8P. The standard InChI is InChI=1S/C49H51ClN5O8P/c1-34-30-55(48(58)52-46(34)56)45-32-53(49(37-16-7-4-8-17-37,38-18-9-5-10-19-38)39-20-11-6-12-21-39)31-42(63-45)33-62-64(50,59)54-26-24-40(25-27-54)51-47(57)36-15-13-14-35(28-36)43-23-22-41(60-2)29-44(43)61-3/h4-23,28-30,40,42,45H,24-27,31-33H2,1-3H3,(H,51,57)(H,52,56,58). The van der Waals surface area contributed by atoms with Crippen LogP contribution in [0.5, 0.6) is 11.5 Å². The molecule has 8 rings (SSSR count). The largest absolute Gasteiger partial charge is 0.497 e. The van der Waals surface area contributed by atoms with Crippen molar-refractivity contribution in [2.24, 2.45) is 0 Å². The van der Waals surface area contributed by atoms with Gasteiger partial charge in [0.25, 0.3) is 11.5 Å². The fourth-order valence-corrected chi connectivity index (χ4v) is 10.7. The van der Waals surface area contributed by atoms with Gasteiger partial charge < -0.3 is 24.1 Å². The summed E-state index contributed by atoms with van der Waals surface area (Å²) in [4.78, 5) is 44.2. The highest BCUT2D eigenvalue weighted by Gasteiger charge is 2.47. The molecular weight excluding hydrogens is 853 g/mol. The fraction of sp³-hybridized carbons (Fsp3) is 0.286. The Kier molecular flexibility index (Phi) is 13.7. The van der Waals surface area contributed by atoms with E-state index in [0.717, 1.165) is 27.8 Å². The molecule has 2 N–H and O–H groups in total. The third kappa shape index (κ3) is 9.37. The number of rotatable bonds is 14. The van der Waals surface area contributed by atoms with Gasteiger partial charge in [-0.05, 0) is 77.5 Å². The van der Waals surface area contributed by atoms with Crippen molar-refractivity contribution in [3.8, 4) is 22.6 Å². The van der Waals surface area contributed by atoms with Crippen molar-refractivity contribution >= 4 is 24.0 Å². The second kappa shape index (κ2) is 19.5. The summed E-state index contributed by atoms with van der Waals surface area (Å²) in [5, 5.41) is 3.14. The summed E-state index contributed by atoms with van der Waals surface area (Å²) in [6, 6.07) is 43.1. The zero-order chi connectivity index (χ0) is 44.8. The van der Waals surface area contributed by atoms with Crippen LogP contribution in [0.2, 0.25) is 0 Å². The summed E-state index contributed by atoms with van der Waals surface area (Å²) in [6.07, 6.45) is 0.887. The quantitative estimate of drug-likeness (QED) is 0.0816. The maximum atomic E-state index is 14.3. The Balaban J connectivity index is 1.01. The predicted molar refractivity (Wildman–Crippen MR) is 247 cm³/mol. The van der Waals surface area contributed by atoms with Gasteiger partial charge in [0.05, 0.1) is 32.5 Å². The minimum Gasteiger partial charge on any atom is -0.497 e. The van der Waals surface area contributed by atoms with E-state index in [1.165, 1.54) is 10.8 Å². The minimum absolute atomic E-state index is 0.161. The van der Waals surface area contributed by atoms with E-state index in [1.54, 1.807) is 37.9 Å². The van der Waals surface area contributed by atoms with Gasteiger partial charge in [0.2, 0.25) is 0 Å². The Morgan fingerprint density at radius 1 is 0.828 bits per heavy atom. The van der Waals surface area contributed by atoms with E-state index in [1.807, 2.05) is 84.9 Å². The van der Waals surface area contributed by atoms with E-state index in [-0.39, 0.29) is 25.1 Å². The number of H-pyrrole nitrogens is 1. The molecule has 3 unspecified atom stereocenters. The number of hydrogen-bond donors (Lipinski definition) is 2. The molecule has 3 heterocycles. The zero-order valence-electron chi connectivity index (χ0n) is 35.9. The number of morpholine rings is 1. The van der Waals surface area contributed by atoms with E-state index in [9.17, 15) is 18.9 Å². The molecule has 2 fully saturated rings. The molecule has 0 radical (unpaired) electrons. The lowest BCUT2D eigenvalue weighted by Crippen LogP contribution is -2.58. The number of amides is 1. The van der Waals surface area contributed by atoms with Crippen LogP contribution in [0.3, 0.4) is 0 Å². The van der Waals surface area contributed by atoms with Crippen LogP contribution >= 0.6 is 18.1 Å². The van der Waals surface area contributed by atoms with E-state index < -0.39 is 36.0 Å². The average Bonchev–Trinajstić information content (AvgIpc) is 3.33. The molecule has 3 atom stereocenters. The number of benzene rings is 5. The van der Waals surface area contributed by atoms with Crippen molar-refractivity contribution in [3.63, 3.8) is 0 Å². The van der Waals surface area contributed by atoms with E-state index in [4.69, 9.17) is 30.0 Å². The zero-order valence-corrected chi connectivity index (χ0v) is 37.5. The Hall–Kier alpha value is -5.79. The van der Waals surface area contributed by atoms with Gasteiger partial charge in [0.1, 0.15) is 11.5 Å². The summed E-state index contributed by atoms with van der Waals surface area (Å²) < 4.78 is 41.0. The molecule has 15 heteroatoms. The first-order valence-electron chi connectivity index (χ1n) is 21.2. The topological polar surface area (TPSA) is 144 Å². The number of aromatic nitrogens is 2. The molecule has 2 saturated heterocycles. The molecule has 5 aromatic carbocycles. The Morgan fingerprint density at radius 2 is 1.45 bits per heavy atom. The number of halogens is 1. The van der Waals surface area contributed by atoms with Crippen molar-refractivity contribution in [1.82, 2.24) is 24.4 Å². The summed E-state index contributed by atoms with van der Waals surface area (Å²) in [5.41, 5.74) is 3.48. The molecule has 332 valence electrons. The number of nitrogens with zero attached hydrogens (tertiary/aromatic N) is 3. The smallest absolute Gasteiger partial charge is 0.363 e. The molecule has 1 aromatic heterocycles. The van der Waals surface area contributed by atoms with Crippen LogP contribution in [-0.4, -0.2) is 84.2 Å². The van der Waals surface area contributed by atoms with Crippen LogP contribution in [0.4, 0.5) is 0 Å². The van der Waals surface area contributed by atoms with Crippen LogP contribution in [-0.2, 0) is 19.4 Å². The van der Waals surface area contributed by atoms with Gasteiger partial charge in [-0.1, -0.05) is 103 Å². The third-order valence-electron chi connectivity index (χ3n) is 12.1. The number of aryl methyl sites for hydroxylation is 1. The van der Waals surface area contributed by atoms with Crippen LogP contribution in [0.25, 0.3) is 11.1 Å². The molecule has 2 aliphatic heterocycles. The van der Waals surface area contributed by atoms with Crippen LogP contribution in [0.15, 0.2) is 149 Å². The number of ether oxygens (including phenoxy) is 3. The second-order valence-electron chi connectivity index (χ2n) is 16.0. The van der Waals surface area contributed by atoms with E-state index >= 15 is 0 Å². The molecule has 0 aliphatic carbocycles. The highest BCUT2D eigenvalue weighted by Crippen LogP contribution is 2.57. The lowest BCUT2D eigenvalue weighted by molar-refractivity contribution is -0.148. The third-order valence-corrected chi connectivity index (χ3v) is 14.5. The first kappa shape index (κ1) is 44.8. The van der Waals surface area contributed by atoms with Crippen molar-refractivity contribution in [1.29, 1.82) is 0 Å². The van der Waals surface area contributed by atoms with E-state index in [0.29, 0.717) is 55.1 Å². The normalized spacial score (nSPS) is 18.5. The summed E-state index contributed by atoms with van der Waals surface area (Å²) in [6.45, 7) is -1.26. The van der Waals surface area contributed by atoms with Gasteiger partial charge in [0.15, 0.2) is 6.23 Å². The summed E-state index contributed by atoms with van der Waals surface area (Å²) in [5.74, 6) is 1.07. The molecule has 13 nitrogen and oxygen atoms in total. The van der Waals surface area contributed by atoms with Gasteiger partial charge in [-0.2, -0.15) is 0 Å². The maximum Gasteiger partial charge on any atom is 0.363 e. The average molecular weight is 904 g/mol. The van der Waals surface area contributed by atoms with Gasteiger partial charge in [-0.3, -0.25) is 28.6 Å². The number of piperidine rings is 1. The van der Waals surface area contributed by atoms with Crippen molar-refractivity contribution in [2.45, 2.75) is 43.7 Å². The van der Waals surface area contributed by atoms with Gasteiger partial charge in [0, 0.05) is 61.2 Å². The molecule has 1 amide bonds. The SMILES string of the molecule is COc1ccc(-c2cccc(C(=O)NC3CCN(P(=O)(Cl)OCC4CN(C(c5ccccc5)(c5ccccc5)c5ccccc5)CC(n5cc(C)c(=O)[nH]c5=O)O4)CC3)c2)c(OC)c1. The first-order valence-corrected chi connectivity index (χ1v) is 23.7. The number of hydrogen-bond acceptors (Lipinski definition) is 9. The molecule has 0 spiro atoms. The number of aromatic amines is 1. The highest BCUT2D eigenvalue weighted by molar-refractivity contribution is 7.83. The molecule has 2 aliphatic rings.